The molecule has 1 atom stereocenters. The summed E-state index contributed by atoms with van der Waals surface area (Å²) in [6, 6.07) is 9.23. The second-order valence-corrected chi connectivity index (χ2v) is 9.38. The Morgan fingerprint density at radius 3 is 3.04 bits per heavy atom. The van der Waals surface area contributed by atoms with E-state index in [1.165, 1.54) is 5.56 Å². The number of hydrogen-bond acceptors (Lipinski definition) is 5. The maximum absolute atomic E-state index is 13.0. The number of pyridine rings is 1. The molecule has 0 spiro atoms. The van der Waals surface area contributed by atoms with Crippen LogP contribution in [0.15, 0.2) is 47.6 Å². The zero-order valence-corrected chi connectivity index (χ0v) is 16.4. The molecule has 1 saturated heterocycles. The Morgan fingerprint density at radius 1 is 1.33 bits per heavy atom. The zero-order chi connectivity index (χ0) is 18.9. The summed E-state index contributed by atoms with van der Waals surface area (Å²) in [5.74, 6) is 1.16. The summed E-state index contributed by atoms with van der Waals surface area (Å²) in [7, 11) is -1.36. The van der Waals surface area contributed by atoms with Crippen LogP contribution in [0, 0.1) is 5.92 Å². The topological polar surface area (TPSA) is 62.7 Å². The number of nitrogens with zero attached hydrogens (tertiary/aromatic N) is 3. The first kappa shape index (κ1) is 18.4. The average molecular weight is 388 g/mol. The Hall–Kier alpha value is -1.96. The van der Waals surface area contributed by atoms with Gasteiger partial charge >= 0.3 is 0 Å². The first-order valence-corrected chi connectivity index (χ1v) is 10.8. The van der Waals surface area contributed by atoms with Gasteiger partial charge in [-0.1, -0.05) is 6.07 Å². The summed E-state index contributed by atoms with van der Waals surface area (Å²) >= 11 is 0. The van der Waals surface area contributed by atoms with Crippen LogP contribution in [0.2, 0.25) is 0 Å². The van der Waals surface area contributed by atoms with Gasteiger partial charge in [-0.2, -0.15) is 4.31 Å². The van der Waals surface area contributed by atoms with E-state index < -0.39 is 10.0 Å². The highest BCUT2D eigenvalue weighted by atomic mass is 32.2. The molecule has 0 aliphatic carbocycles. The maximum atomic E-state index is 13.0. The number of fused-ring (bicyclic) bond motifs is 1. The summed E-state index contributed by atoms with van der Waals surface area (Å²) in [5, 5.41) is 0. The third-order valence-electron chi connectivity index (χ3n) is 5.29. The van der Waals surface area contributed by atoms with E-state index in [9.17, 15) is 8.42 Å². The van der Waals surface area contributed by atoms with Crippen molar-refractivity contribution in [1.29, 1.82) is 0 Å². The molecule has 0 N–H and O–H groups in total. The van der Waals surface area contributed by atoms with Crippen LogP contribution in [0.5, 0.6) is 5.75 Å². The Bertz CT molecular complexity index is 902. The lowest BCUT2D eigenvalue weighted by Crippen LogP contribution is -2.31. The minimum Gasteiger partial charge on any atom is -0.493 e. The lowest BCUT2D eigenvalue weighted by Gasteiger charge is -2.21. The van der Waals surface area contributed by atoms with Gasteiger partial charge in [0, 0.05) is 45.0 Å². The summed E-state index contributed by atoms with van der Waals surface area (Å²) in [6.45, 7) is 3.49. The van der Waals surface area contributed by atoms with Crippen LogP contribution in [0.3, 0.4) is 0 Å². The van der Waals surface area contributed by atoms with Crippen molar-refractivity contribution in [3.63, 3.8) is 0 Å². The molecular weight excluding hydrogens is 362 g/mol. The fourth-order valence-electron chi connectivity index (χ4n) is 3.95. The molecule has 7 heteroatoms. The summed E-state index contributed by atoms with van der Waals surface area (Å²) in [6.07, 6.45) is 5.32. The van der Waals surface area contributed by atoms with E-state index in [1.54, 1.807) is 28.7 Å². The highest BCUT2D eigenvalue weighted by molar-refractivity contribution is 7.89. The number of aromatic nitrogens is 1. The molecular formula is C20H25N3O3S. The third-order valence-corrected chi connectivity index (χ3v) is 7.15. The average Bonchev–Trinajstić information content (AvgIpc) is 3.31. The van der Waals surface area contributed by atoms with Crippen molar-refractivity contribution in [2.24, 2.45) is 5.92 Å². The van der Waals surface area contributed by atoms with Crippen molar-refractivity contribution >= 4 is 10.0 Å². The fourth-order valence-corrected chi connectivity index (χ4v) is 5.53. The van der Waals surface area contributed by atoms with Crippen LogP contribution < -0.4 is 4.74 Å². The molecule has 4 rings (SSSR count). The van der Waals surface area contributed by atoms with E-state index in [4.69, 9.17) is 4.74 Å². The number of rotatable bonds is 6. The maximum Gasteiger partial charge on any atom is 0.243 e. The van der Waals surface area contributed by atoms with E-state index in [0.29, 0.717) is 30.5 Å². The molecule has 0 bridgehead atoms. The van der Waals surface area contributed by atoms with Crippen LogP contribution >= 0.6 is 0 Å². The molecule has 1 aromatic carbocycles. The molecule has 144 valence electrons. The van der Waals surface area contributed by atoms with Crippen molar-refractivity contribution in [1.82, 2.24) is 14.2 Å². The second kappa shape index (κ2) is 7.58. The quantitative estimate of drug-likeness (QED) is 0.760. The zero-order valence-electron chi connectivity index (χ0n) is 15.5. The van der Waals surface area contributed by atoms with Crippen LogP contribution in [0.25, 0.3) is 0 Å². The number of benzene rings is 1. The van der Waals surface area contributed by atoms with Crippen LogP contribution in [-0.4, -0.2) is 55.9 Å². The highest BCUT2D eigenvalue weighted by Gasteiger charge is 2.33. The van der Waals surface area contributed by atoms with Gasteiger partial charge in [-0.05, 0) is 54.8 Å². The number of sulfonamides is 1. The molecule has 27 heavy (non-hydrogen) atoms. The second-order valence-electron chi connectivity index (χ2n) is 7.44. The van der Waals surface area contributed by atoms with E-state index in [-0.39, 0.29) is 0 Å². The standard InChI is InChI=1S/C20H25N3O3S/c1-22(13-16-3-2-8-21-12-16)14-17-6-9-23(15-17)27(24,25)19-4-5-20-18(11-19)7-10-26-20/h2-5,8,11-12,17H,6-7,9-10,13-15H2,1H3. The van der Waals surface area contributed by atoms with Gasteiger partial charge in [0.1, 0.15) is 5.75 Å². The van der Waals surface area contributed by atoms with Gasteiger partial charge < -0.3 is 9.64 Å². The summed E-state index contributed by atoms with van der Waals surface area (Å²) in [5.41, 5.74) is 2.16. The minimum atomic E-state index is -3.44. The smallest absolute Gasteiger partial charge is 0.243 e. The van der Waals surface area contributed by atoms with Crippen LogP contribution in [0.1, 0.15) is 17.5 Å². The minimum absolute atomic E-state index is 0.346. The van der Waals surface area contributed by atoms with Gasteiger partial charge in [0.05, 0.1) is 11.5 Å². The molecule has 0 radical (unpaired) electrons. The SMILES string of the molecule is CN(Cc1cccnc1)CC1CCN(S(=O)(=O)c2ccc3c(c2)CCO3)C1. The molecule has 0 amide bonds. The van der Waals surface area contributed by atoms with Gasteiger partial charge in [-0.15, -0.1) is 0 Å². The molecule has 2 aromatic rings. The predicted molar refractivity (Wildman–Crippen MR) is 103 cm³/mol. The van der Waals surface area contributed by atoms with Gasteiger partial charge in [-0.3, -0.25) is 4.98 Å². The third kappa shape index (κ3) is 4.00. The first-order chi connectivity index (χ1) is 13.0. The Morgan fingerprint density at radius 2 is 2.22 bits per heavy atom. The van der Waals surface area contributed by atoms with Crippen molar-refractivity contribution < 1.29 is 13.2 Å². The fraction of sp³-hybridized carbons (Fsp3) is 0.450. The Balaban J connectivity index is 1.38. The van der Waals surface area contributed by atoms with E-state index in [2.05, 4.69) is 23.0 Å². The van der Waals surface area contributed by atoms with Crippen molar-refractivity contribution in [2.45, 2.75) is 24.3 Å². The molecule has 1 unspecified atom stereocenters. The predicted octanol–water partition coefficient (Wildman–Crippen LogP) is 2.16. The highest BCUT2D eigenvalue weighted by Crippen LogP contribution is 2.31. The summed E-state index contributed by atoms with van der Waals surface area (Å²) in [4.78, 5) is 6.77. The summed E-state index contributed by atoms with van der Waals surface area (Å²) < 4.78 is 33.2. The number of hydrogen-bond donors (Lipinski definition) is 0. The van der Waals surface area contributed by atoms with Gasteiger partial charge in [0.15, 0.2) is 0 Å². The molecule has 6 nitrogen and oxygen atoms in total. The molecule has 1 aromatic heterocycles. The van der Waals surface area contributed by atoms with E-state index >= 15 is 0 Å². The van der Waals surface area contributed by atoms with Crippen LogP contribution in [-0.2, 0) is 23.0 Å². The molecule has 1 fully saturated rings. The van der Waals surface area contributed by atoms with Gasteiger partial charge in [-0.25, -0.2) is 8.42 Å². The normalized spacial score (nSPS) is 20.0. The van der Waals surface area contributed by atoms with Crippen molar-refractivity contribution in [3.05, 3.63) is 53.9 Å². The molecule has 3 heterocycles. The van der Waals surface area contributed by atoms with Crippen LogP contribution in [0.4, 0.5) is 0 Å². The number of ether oxygens (including phenoxy) is 1. The van der Waals surface area contributed by atoms with Gasteiger partial charge in [0.25, 0.3) is 0 Å². The molecule has 2 aliphatic heterocycles. The molecule has 2 aliphatic rings. The Kier molecular flexibility index (Phi) is 5.16. The Labute approximate surface area is 160 Å². The largest absolute Gasteiger partial charge is 0.493 e. The lowest BCUT2D eigenvalue weighted by molar-refractivity contribution is 0.273. The van der Waals surface area contributed by atoms with Crippen molar-refractivity contribution in [2.75, 3.05) is 33.3 Å². The van der Waals surface area contributed by atoms with Crippen molar-refractivity contribution in [3.8, 4) is 5.75 Å². The monoisotopic (exact) mass is 387 g/mol. The lowest BCUT2D eigenvalue weighted by atomic mass is 10.1. The van der Waals surface area contributed by atoms with Gasteiger partial charge in [0.2, 0.25) is 10.0 Å². The van der Waals surface area contributed by atoms with E-state index in [1.807, 2.05) is 12.3 Å². The van der Waals surface area contributed by atoms with E-state index in [0.717, 1.165) is 37.2 Å². The first-order valence-electron chi connectivity index (χ1n) is 9.36. The molecule has 0 saturated carbocycles.